The summed E-state index contributed by atoms with van der Waals surface area (Å²) in [6, 6.07) is 9.92. The van der Waals surface area contributed by atoms with Gasteiger partial charge in [-0.1, -0.05) is 12.1 Å². The third-order valence-electron chi connectivity index (χ3n) is 3.86. The molecule has 0 spiro atoms. The second kappa shape index (κ2) is 9.40. The molecule has 0 aliphatic rings. The van der Waals surface area contributed by atoms with Gasteiger partial charge in [-0.05, 0) is 36.8 Å². The number of allylic oxidation sites excluding steroid dienone is 2. The van der Waals surface area contributed by atoms with E-state index in [1.54, 1.807) is 18.2 Å². The van der Waals surface area contributed by atoms with E-state index in [1.807, 2.05) is 19.1 Å². The fraction of sp³-hybridized carbons (Fsp3) is 0.150. The van der Waals surface area contributed by atoms with E-state index in [1.165, 1.54) is 18.5 Å². The molecule has 140 valence electrons. The van der Waals surface area contributed by atoms with E-state index in [-0.39, 0.29) is 5.56 Å². The molecule has 0 amide bonds. The fourth-order valence-corrected chi connectivity index (χ4v) is 2.50. The second-order valence-electron chi connectivity index (χ2n) is 5.78. The molecule has 2 rings (SSSR count). The van der Waals surface area contributed by atoms with Crippen molar-refractivity contribution in [1.82, 2.24) is 4.98 Å². The number of halogens is 1. The lowest BCUT2D eigenvalue weighted by Crippen LogP contribution is -2.06. The Kier molecular flexibility index (Phi) is 6.96. The van der Waals surface area contributed by atoms with Crippen molar-refractivity contribution in [2.24, 2.45) is 22.2 Å². The summed E-state index contributed by atoms with van der Waals surface area (Å²) in [6.45, 7) is 2.66. The number of nitrogens with one attached hydrogen (secondary N) is 1. The van der Waals surface area contributed by atoms with Crippen LogP contribution in [0.15, 0.2) is 47.6 Å². The highest BCUT2D eigenvalue weighted by atomic mass is 19.1. The molecule has 1 aromatic heterocycles. The molecule has 7 N–H and O–H groups in total. The molecule has 1 heterocycles. The Morgan fingerprint density at radius 3 is 2.70 bits per heavy atom. The van der Waals surface area contributed by atoms with Crippen LogP contribution in [0.2, 0.25) is 0 Å². The Morgan fingerprint density at radius 1 is 1.30 bits per heavy atom. The van der Waals surface area contributed by atoms with Crippen LogP contribution in [-0.2, 0) is 0 Å². The molecule has 27 heavy (non-hydrogen) atoms. The molecule has 6 nitrogen and oxygen atoms in total. The molecule has 0 unspecified atom stereocenters. The lowest BCUT2D eigenvalue weighted by atomic mass is 9.97. The van der Waals surface area contributed by atoms with Crippen molar-refractivity contribution in [3.63, 3.8) is 0 Å². The summed E-state index contributed by atoms with van der Waals surface area (Å²) in [6.07, 6.45) is 3.89. The van der Waals surface area contributed by atoms with Crippen LogP contribution in [0, 0.1) is 18.2 Å². The number of aryl methyl sites for hydroxylation is 1. The van der Waals surface area contributed by atoms with Gasteiger partial charge < -0.3 is 22.6 Å². The molecule has 0 fully saturated rings. The van der Waals surface area contributed by atoms with Gasteiger partial charge in [-0.15, -0.1) is 0 Å². The molecule has 0 aliphatic carbocycles. The van der Waals surface area contributed by atoms with Crippen LogP contribution in [0.3, 0.4) is 0 Å². The molecule has 0 radical (unpaired) electrons. The number of hydrogen-bond donors (Lipinski definition) is 4. The molecule has 1 aromatic carbocycles. The normalized spacial score (nSPS) is 12.9. The van der Waals surface area contributed by atoms with Crippen LogP contribution in [0.25, 0.3) is 16.8 Å². The SMILES string of the molecule is Cc1cccc(C(N)=C(C=N)c2ccc(F)c(C(C=NCCN)=CN)c2)n1. The third-order valence-corrected chi connectivity index (χ3v) is 3.86. The van der Waals surface area contributed by atoms with Gasteiger partial charge in [0.15, 0.2) is 0 Å². The van der Waals surface area contributed by atoms with E-state index in [0.29, 0.717) is 41.2 Å². The van der Waals surface area contributed by atoms with Gasteiger partial charge in [0.1, 0.15) is 5.82 Å². The van der Waals surface area contributed by atoms with Gasteiger partial charge in [-0.25, -0.2) is 4.39 Å². The number of nitrogens with zero attached hydrogens (tertiary/aromatic N) is 2. The minimum absolute atomic E-state index is 0.264. The Morgan fingerprint density at radius 2 is 2.07 bits per heavy atom. The summed E-state index contributed by atoms with van der Waals surface area (Å²) in [5, 5.41) is 7.78. The van der Waals surface area contributed by atoms with Gasteiger partial charge in [-0.2, -0.15) is 0 Å². The molecule has 0 saturated heterocycles. The highest BCUT2D eigenvalue weighted by molar-refractivity contribution is 6.18. The van der Waals surface area contributed by atoms with E-state index in [2.05, 4.69) is 9.98 Å². The first-order valence-corrected chi connectivity index (χ1v) is 8.38. The van der Waals surface area contributed by atoms with Gasteiger partial charge in [0.2, 0.25) is 0 Å². The first-order valence-electron chi connectivity index (χ1n) is 8.38. The van der Waals surface area contributed by atoms with Gasteiger partial charge in [0, 0.05) is 47.6 Å². The molecule has 0 saturated carbocycles. The van der Waals surface area contributed by atoms with Crippen molar-refractivity contribution >= 4 is 29.3 Å². The summed E-state index contributed by atoms with van der Waals surface area (Å²) in [5.74, 6) is -0.453. The molecular weight excluding hydrogens is 343 g/mol. The maximum Gasteiger partial charge on any atom is 0.131 e. The zero-order chi connectivity index (χ0) is 19.8. The van der Waals surface area contributed by atoms with E-state index < -0.39 is 5.82 Å². The van der Waals surface area contributed by atoms with Gasteiger partial charge in [-0.3, -0.25) is 9.98 Å². The number of aliphatic imine (C=N–C) groups is 1. The predicted molar refractivity (Wildman–Crippen MR) is 110 cm³/mol. The van der Waals surface area contributed by atoms with Crippen LogP contribution in [-0.4, -0.2) is 30.5 Å². The summed E-state index contributed by atoms with van der Waals surface area (Å²) in [4.78, 5) is 8.49. The smallest absolute Gasteiger partial charge is 0.131 e. The van der Waals surface area contributed by atoms with E-state index in [0.717, 1.165) is 11.9 Å². The minimum Gasteiger partial charge on any atom is -0.404 e. The first kappa shape index (κ1) is 20.0. The van der Waals surface area contributed by atoms with Crippen molar-refractivity contribution < 1.29 is 4.39 Å². The highest BCUT2D eigenvalue weighted by Gasteiger charge is 2.13. The highest BCUT2D eigenvalue weighted by Crippen LogP contribution is 2.25. The number of rotatable bonds is 7. The number of hydrogen-bond acceptors (Lipinski definition) is 6. The van der Waals surface area contributed by atoms with Crippen molar-refractivity contribution in [2.45, 2.75) is 6.92 Å². The van der Waals surface area contributed by atoms with E-state index in [4.69, 9.17) is 22.6 Å². The lowest BCUT2D eigenvalue weighted by Gasteiger charge is -2.11. The summed E-state index contributed by atoms with van der Waals surface area (Å²) in [5.41, 5.74) is 20.7. The first-order chi connectivity index (χ1) is 13.0. The van der Waals surface area contributed by atoms with Crippen molar-refractivity contribution in [3.05, 3.63) is 70.9 Å². The minimum atomic E-state index is -0.453. The van der Waals surface area contributed by atoms with Crippen LogP contribution >= 0.6 is 0 Å². The average Bonchev–Trinajstić information content (AvgIpc) is 2.67. The van der Waals surface area contributed by atoms with Gasteiger partial charge >= 0.3 is 0 Å². The number of pyridine rings is 1. The number of benzene rings is 1. The summed E-state index contributed by atoms with van der Waals surface area (Å²) >= 11 is 0. The maximum absolute atomic E-state index is 14.4. The van der Waals surface area contributed by atoms with E-state index >= 15 is 0 Å². The van der Waals surface area contributed by atoms with Crippen LogP contribution < -0.4 is 17.2 Å². The molecule has 2 aromatic rings. The molecule has 0 bridgehead atoms. The Labute approximate surface area is 157 Å². The van der Waals surface area contributed by atoms with E-state index in [9.17, 15) is 4.39 Å². The Hall–Kier alpha value is -3.32. The summed E-state index contributed by atoms with van der Waals surface area (Å²) < 4.78 is 14.4. The van der Waals surface area contributed by atoms with Crippen molar-refractivity contribution in [3.8, 4) is 0 Å². The molecule has 7 heteroatoms. The van der Waals surface area contributed by atoms with Crippen molar-refractivity contribution in [1.29, 1.82) is 5.41 Å². The lowest BCUT2D eigenvalue weighted by molar-refractivity contribution is 0.624. The molecule has 0 aliphatic heterocycles. The second-order valence-corrected chi connectivity index (χ2v) is 5.78. The Balaban J connectivity index is 2.54. The van der Waals surface area contributed by atoms with Crippen molar-refractivity contribution in [2.75, 3.05) is 13.1 Å². The monoisotopic (exact) mass is 366 g/mol. The fourth-order valence-electron chi connectivity index (χ4n) is 2.50. The maximum atomic E-state index is 14.4. The van der Waals surface area contributed by atoms with Crippen LogP contribution in [0.4, 0.5) is 4.39 Å². The topological polar surface area (TPSA) is 127 Å². The van der Waals surface area contributed by atoms with Crippen LogP contribution in [0.1, 0.15) is 22.5 Å². The van der Waals surface area contributed by atoms with Gasteiger partial charge in [0.25, 0.3) is 0 Å². The zero-order valence-corrected chi connectivity index (χ0v) is 15.1. The average molecular weight is 366 g/mol. The largest absolute Gasteiger partial charge is 0.404 e. The summed E-state index contributed by atoms with van der Waals surface area (Å²) in [7, 11) is 0. The van der Waals surface area contributed by atoms with Gasteiger partial charge in [0.05, 0.1) is 17.9 Å². The third kappa shape index (κ3) is 4.86. The zero-order valence-electron chi connectivity index (χ0n) is 15.1. The Bertz CT molecular complexity index is 914. The quantitative estimate of drug-likeness (QED) is 0.561. The van der Waals surface area contributed by atoms with Crippen LogP contribution in [0.5, 0.6) is 0 Å². The molecular formula is C20H23FN6. The predicted octanol–water partition coefficient (Wildman–Crippen LogP) is 2.33. The standard InChI is InChI=1S/C20H23FN6/c1-13-3-2-4-19(27-13)20(25)17(11-24)14-5-6-18(21)16(9-14)15(10-23)12-26-8-7-22/h2-6,9-12,24H,7-8,22-23,25H2,1H3. The number of nitrogens with two attached hydrogens (primary N) is 3. The number of aromatic nitrogens is 1. The molecule has 0 atom stereocenters.